The monoisotopic (exact) mass is 247 g/mol. The number of nitrogens with zero attached hydrogens (tertiary/aromatic N) is 2. The molecule has 0 atom stereocenters. The number of nitrogens with two attached hydrogens (primary N) is 1. The van der Waals surface area contributed by atoms with Gasteiger partial charge in [0.2, 0.25) is 0 Å². The largest absolute Gasteiger partial charge is 0.506 e. The van der Waals surface area contributed by atoms with Crippen molar-refractivity contribution in [2.24, 2.45) is 0 Å². The molecule has 5 nitrogen and oxygen atoms in total. The molecule has 0 saturated carbocycles. The minimum absolute atomic E-state index is 0.0974. The fraction of sp³-hybridized carbons (Fsp3) is 0.308. The number of ether oxygens (including phenoxy) is 1. The zero-order valence-corrected chi connectivity index (χ0v) is 10.6. The number of anilines is 1. The maximum Gasteiger partial charge on any atom is 0.139 e. The minimum Gasteiger partial charge on any atom is -0.506 e. The van der Waals surface area contributed by atoms with Crippen molar-refractivity contribution >= 4 is 5.69 Å². The number of methoxy groups -OCH3 is 1. The molecule has 5 heteroatoms. The first-order valence-electron chi connectivity index (χ1n) is 5.72. The zero-order valence-electron chi connectivity index (χ0n) is 10.6. The van der Waals surface area contributed by atoms with Crippen molar-refractivity contribution in [3.63, 3.8) is 0 Å². The lowest BCUT2D eigenvalue weighted by atomic mass is 10.0. The van der Waals surface area contributed by atoms with Gasteiger partial charge in [0.05, 0.1) is 25.0 Å². The van der Waals surface area contributed by atoms with Crippen LogP contribution in [0.25, 0.3) is 11.1 Å². The van der Waals surface area contributed by atoms with E-state index in [1.54, 1.807) is 25.4 Å². The van der Waals surface area contributed by atoms with Crippen LogP contribution in [0.5, 0.6) is 5.75 Å². The molecule has 0 spiro atoms. The fourth-order valence-electron chi connectivity index (χ4n) is 1.84. The molecule has 2 aromatic rings. The highest BCUT2D eigenvalue weighted by Crippen LogP contribution is 2.31. The number of benzene rings is 1. The summed E-state index contributed by atoms with van der Waals surface area (Å²) in [6, 6.07) is 3.43. The second-order valence-corrected chi connectivity index (χ2v) is 4.21. The van der Waals surface area contributed by atoms with Gasteiger partial charge in [-0.2, -0.15) is 5.10 Å². The fourth-order valence-corrected chi connectivity index (χ4v) is 1.84. The predicted molar refractivity (Wildman–Crippen MR) is 70.4 cm³/mol. The molecule has 2 rings (SSSR count). The highest BCUT2D eigenvalue weighted by molar-refractivity contribution is 5.72. The van der Waals surface area contributed by atoms with Gasteiger partial charge in [0.1, 0.15) is 5.75 Å². The van der Waals surface area contributed by atoms with Gasteiger partial charge in [-0.1, -0.05) is 0 Å². The number of phenolic OH excluding ortho intramolecular Hbond substituents is 1. The molecule has 0 saturated heterocycles. The minimum atomic E-state index is 0.0974. The Morgan fingerprint density at radius 2 is 2.22 bits per heavy atom. The predicted octanol–water partition coefficient (Wildman–Crippen LogP) is 1.79. The van der Waals surface area contributed by atoms with Crippen LogP contribution in [0.1, 0.15) is 5.56 Å². The molecule has 0 aliphatic heterocycles. The quantitative estimate of drug-likeness (QED) is 0.638. The first-order valence-corrected chi connectivity index (χ1v) is 5.72. The van der Waals surface area contributed by atoms with Crippen LogP contribution in [0.2, 0.25) is 0 Å². The SMILES string of the molecule is COCCn1cc(-c2cc(O)c(N)cc2C)cn1. The summed E-state index contributed by atoms with van der Waals surface area (Å²) in [7, 11) is 1.66. The van der Waals surface area contributed by atoms with E-state index >= 15 is 0 Å². The van der Waals surface area contributed by atoms with Gasteiger partial charge in [0.15, 0.2) is 0 Å². The molecule has 0 aliphatic rings. The normalized spacial score (nSPS) is 10.8. The van der Waals surface area contributed by atoms with Crippen LogP contribution in [0.3, 0.4) is 0 Å². The van der Waals surface area contributed by atoms with Gasteiger partial charge < -0.3 is 15.6 Å². The van der Waals surface area contributed by atoms with Gasteiger partial charge in [-0.25, -0.2) is 0 Å². The summed E-state index contributed by atoms with van der Waals surface area (Å²) in [5.41, 5.74) is 8.95. The molecule has 0 aliphatic carbocycles. The summed E-state index contributed by atoms with van der Waals surface area (Å²) in [5, 5.41) is 13.9. The number of hydrogen-bond donors (Lipinski definition) is 2. The van der Waals surface area contributed by atoms with E-state index in [4.69, 9.17) is 10.5 Å². The van der Waals surface area contributed by atoms with Crippen LogP contribution in [-0.2, 0) is 11.3 Å². The molecule has 1 aromatic carbocycles. The Balaban J connectivity index is 2.31. The molecule has 1 heterocycles. The van der Waals surface area contributed by atoms with Crippen LogP contribution in [0.4, 0.5) is 5.69 Å². The standard InChI is InChI=1S/C13H17N3O2/c1-9-5-12(14)13(17)6-11(9)10-7-15-16(8-10)3-4-18-2/h5-8,17H,3-4,14H2,1-2H3. The van der Waals surface area contributed by atoms with Crippen molar-refractivity contribution in [2.45, 2.75) is 13.5 Å². The van der Waals surface area contributed by atoms with E-state index in [0.29, 0.717) is 18.8 Å². The van der Waals surface area contributed by atoms with Gasteiger partial charge in [-0.15, -0.1) is 0 Å². The molecule has 0 radical (unpaired) electrons. The smallest absolute Gasteiger partial charge is 0.139 e. The van der Waals surface area contributed by atoms with E-state index in [9.17, 15) is 5.11 Å². The van der Waals surface area contributed by atoms with E-state index in [1.165, 1.54) is 0 Å². The number of aromatic hydroxyl groups is 1. The van der Waals surface area contributed by atoms with Crippen LogP contribution >= 0.6 is 0 Å². The number of phenols is 1. The van der Waals surface area contributed by atoms with Gasteiger partial charge in [-0.3, -0.25) is 4.68 Å². The lowest BCUT2D eigenvalue weighted by Gasteiger charge is -2.06. The summed E-state index contributed by atoms with van der Waals surface area (Å²) in [5.74, 6) is 0.0974. The van der Waals surface area contributed by atoms with Crippen molar-refractivity contribution in [1.29, 1.82) is 0 Å². The van der Waals surface area contributed by atoms with Crippen molar-refractivity contribution in [3.05, 3.63) is 30.1 Å². The van der Waals surface area contributed by atoms with Gasteiger partial charge in [-0.05, 0) is 30.2 Å². The molecule has 0 amide bonds. The molecule has 3 N–H and O–H groups in total. The highest BCUT2D eigenvalue weighted by Gasteiger charge is 2.08. The summed E-state index contributed by atoms with van der Waals surface area (Å²) in [6.07, 6.45) is 3.70. The molecule has 0 fully saturated rings. The van der Waals surface area contributed by atoms with E-state index in [1.807, 2.05) is 17.8 Å². The Bertz CT molecular complexity index is 549. The Kier molecular flexibility index (Phi) is 3.53. The summed E-state index contributed by atoms with van der Waals surface area (Å²) in [4.78, 5) is 0. The number of aryl methyl sites for hydroxylation is 1. The third-order valence-electron chi connectivity index (χ3n) is 2.84. The molecular weight excluding hydrogens is 230 g/mol. The van der Waals surface area contributed by atoms with Crippen LogP contribution < -0.4 is 5.73 Å². The number of rotatable bonds is 4. The maximum absolute atomic E-state index is 9.66. The molecule has 0 unspecified atom stereocenters. The Morgan fingerprint density at radius 1 is 1.44 bits per heavy atom. The Hall–Kier alpha value is -2.01. The van der Waals surface area contributed by atoms with E-state index in [-0.39, 0.29) is 5.75 Å². The Labute approximate surface area is 106 Å². The average Bonchev–Trinajstić information content (AvgIpc) is 2.79. The molecule has 18 heavy (non-hydrogen) atoms. The van der Waals surface area contributed by atoms with Gasteiger partial charge in [0, 0.05) is 18.9 Å². The van der Waals surface area contributed by atoms with Crippen molar-refractivity contribution in [2.75, 3.05) is 19.5 Å². The van der Waals surface area contributed by atoms with Crippen LogP contribution in [-0.4, -0.2) is 28.6 Å². The van der Waals surface area contributed by atoms with Crippen LogP contribution in [0, 0.1) is 6.92 Å². The molecule has 1 aromatic heterocycles. The van der Waals surface area contributed by atoms with E-state index < -0.39 is 0 Å². The second-order valence-electron chi connectivity index (χ2n) is 4.21. The second kappa shape index (κ2) is 5.10. The topological polar surface area (TPSA) is 73.3 Å². The molecular formula is C13H17N3O2. The highest BCUT2D eigenvalue weighted by atomic mass is 16.5. The Morgan fingerprint density at radius 3 is 2.94 bits per heavy atom. The number of aromatic nitrogens is 2. The van der Waals surface area contributed by atoms with Gasteiger partial charge >= 0.3 is 0 Å². The summed E-state index contributed by atoms with van der Waals surface area (Å²) < 4.78 is 6.81. The molecule has 0 bridgehead atoms. The third kappa shape index (κ3) is 2.46. The zero-order chi connectivity index (χ0) is 13.1. The lowest BCUT2D eigenvalue weighted by molar-refractivity contribution is 0.183. The van der Waals surface area contributed by atoms with Crippen molar-refractivity contribution in [1.82, 2.24) is 9.78 Å². The molecule has 96 valence electrons. The number of nitrogen functional groups attached to an aromatic ring is 1. The third-order valence-corrected chi connectivity index (χ3v) is 2.84. The first-order chi connectivity index (χ1) is 8.61. The van der Waals surface area contributed by atoms with Gasteiger partial charge in [0.25, 0.3) is 0 Å². The lowest BCUT2D eigenvalue weighted by Crippen LogP contribution is -2.03. The number of hydrogen-bond acceptors (Lipinski definition) is 4. The van der Waals surface area contributed by atoms with Crippen LogP contribution in [0.15, 0.2) is 24.5 Å². The van der Waals surface area contributed by atoms with E-state index in [0.717, 1.165) is 16.7 Å². The average molecular weight is 247 g/mol. The van der Waals surface area contributed by atoms with Crippen molar-refractivity contribution < 1.29 is 9.84 Å². The van der Waals surface area contributed by atoms with E-state index in [2.05, 4.69) is 5.10 Å². The first kappa shape index (κ1) is 12.4. The van der Waals surface area contributed by atoms with Crippen molar-refractivity contribution in [3.8, 4) is 16.9 Å². The maximum atomic E-state index is 9.66. The summed E-state index contributed by atoms with van der Waals surface area (Å²) >= 11 is 0. The summed E-state index contributed by atoms with van der Waals surface area (Å²) in [6.45, 7) is 3.28.